The first kappa shape index (κ1) is 16.5. The van der Waals surface area contributed by atoms with Crippen molar-refractivity contribution in [1.29, 1.82) is 0 Å². The molecule has 0 saturated carbocycles. The van der Waals surface area contributed by atoms with Crippen molar-refractivity contribution in [3.05, 3.63) is 16.3 Å². The van der Waals surface area contributed by atoms with Gasteiger partial charge in [0.2, 0.25) is 0 Å². The topological polar surface area (TPSA) is 49.3 Å². The lowest BCUT2D eigenvalue weighted by Gasteiger charge is -2.31. The minimum Gasteiger partial charge on any atom is -0.396 e. The van der Waals surface area contributed by atoms with Gasteiger partial charge in [0.25, 0.3) is 5.91 Å². The Kier molecular flexibility index (Phi) is 6.89. The molecule has 1 rings (SSSR count). The second kappa shape index (κ2) is 7.92. The van der Waals surface area contributed by atoms with Crippen LogP contribution in [0.5, 0.6) is 0 Å². The zero-order valence-corrected chi connectivity index (χ0v) is 13.5. The fraction of sp³-hybridized carbons (Fsp3) is 0.643. The summed E-state index contributed by atoms with van der Waals surface area (Å²) in [5, 5.41) is 14.2. The standard InChI is InChI=1S/C14H23NO2S2/c1-4-14(5-2,7-8-16)10-15-13(17)12-11(18-3)6-9-19-12/h6,9,16H,4-5,7-8,10H2,1-3H3,(H,15,17). The molecule has 1 aromatic rings. The first-order valence-electron chi connectivity index (χ1n) is 6.63. The molecule has 1 aromatic heterocycles. The maximum Gasteiger partial charge on any atom is 0.262 e. The summed E-state index contributed by atoms with van der Waals surface area (Å²) in [6, 6.07) is 1.98. The number of rotatable bonds is 8. The van der Waals surface area contributed by atoms with E-state index in [0.29, 0.717) is 6.54 Å². The minimum atomic E-state index is 0.00330. The molecule has 108 valence electrons. The largest absolute Gasteiger partial charge is 0.396 e. The summed E-state index contributed by atoms with van der Waals surface area (Å²) in [6.07, 6.45) is 4.64. The summed E-state index contributed by atoms with van der Waals surface area (Å²) in [7, 11) is 0. The SMILES string of the molecule is CCC(CC)(CCO)CNC(=O)c1sccc1SC. The van der Waals surface area contributed by atoms with Crippen molar-refractivity contribution >= 4 is 29.0 Å². The van der Waals surface area contributed by atoms with E-state index in [0.717, 1.165) is 29.0 Å². The van der Waals surface area contributed by atoms with E-state index in [9.17, 15) is 9.90 Å². The van der Waals surface area contributed by atoms with Crippen LogP contribution in [0.4, 0.5) is 0 Å². The molecule has 1 heterocycles. The normalized spacial score (nSPS) is 11.6. The van der Waals surface area contributed by atoms with Gasteiger partial charge < -0.3 is 10.4 Å². The van der Waals surface area contributed by atoms with Crippen LogP contribution < -0.4 is 5.32 Å². The first-order valence-corrected chi connectivity index (χ1v) is 8.73. The van der Waals surface area contributed by atoms with Gasteiger partial charge in [-0.05, 0) is 42.4 Å². The summed E-state index contributed by atoms with van der Waals surface area (Å²) in [5.74, 6) is 0.00330. The molecule has 2 N–H and O–H groups in total. The summed E-state index contributed by atoms with van der Waals surface area (Å²) >= 11 is 3.07. The molecule has 0 bridgehead atoms. The van der Waals surface area contributed by atoms with Gasteiger partial charge in [0.1, 0.15) is 4.88 Å². The zero-order chi connectivity index (χ0) is 14.3. The molecule has 5 heteroatoms. The Balaban J connectivity index is 2.67. The Labute approximate surface area is 123 Å². The maximum atomic E-state index is 12.2. The van der Waals surface area contributed by atoms with E-state index >= 15 is 0 Å². The van der Waals surface area contributed by atoms with E-state index in [2.05, 4.69) is 19.2 Å². The Bertz CT molecular complexity index is 400. The lowest BCUT2D eigenvalue weighted by Crippen LogP contribution is -2.37. The second-order valence-electron chi connectivity index (χ2n) is 4.68. The molecule has 0 aliphatic heterocycles. The number of hydrogen-bond acceptors (Lipinski definition) is 4. The van der Waals surface area contributed by atoms with Crippen LogP contribution in [-0.2, 0) is 0 Å². The van der Waals surface area contributed by atoms with Crippen molar-refractivity contribution in [1.82, 2.24) is 5.32 Å². The molecule has 0 unspecified atom stereocenters. The van der Waals surface area contributed by atoms with Gasteiger partial charge in [0.05, 0.1) is 0 Å². The first-order chi connectivity index (χ1) is 9.12. The molecule has 0 radical (unpaired) electrons. The van der Waals surface area contributed by atoms with E-state index in [1.54, 1.807) is 11.8 Å². The Morgan fingerprint density at radius 1 is 1.47 bits per heavy atom. The van der Waals surface area contributed by atoms with Gasteiger partial charge in [0, 0.05) is 18.0 Å². The Morgan fingerprint density at radius 3 is 2.68 bits per heavy atom. The maximum absolute atomic E-state index is 12.2. The van der Waals surface area contributed by atoms with Crippen LogP contribution in [0.25, 0.3) is 0 Å². The van der Waals surface area contributed by atoms with Crippen LogP contribution in [0, 0.1) is 5.41 Å². The third kappa shape index (κ3) is 4.23. The number of thioether (sulfide) groups is 1. The number of nitrogens with one attached hydrogen (secondary N) is 1. The van der Waals surface area contributed by atoms with Gasteiger partial charge in [-0.3, -0.25) is 4.79 Å². The third-order valence-corrected chi connectivity index (χ3v) is 5.64. The molecule has 0 fully saturated rings. The quantitative estimate of drug-likeness (QED) is 0.724. The molecule has 0 spiro atoms. The highest BCUT2D eigenvalue weighted by Crippen LogP contribution is 2.30. The van der Waals surface area contributed by atoms with Gasteiger partial charge in [0.15, 0.2) is 0 Å². The van der Waals surface area contributed by atoms with Gasteiger partial charge in [-0.15, -0.1) is 23.1 Å². The summed E-state index contributed by atoms with van der Waals surface area (Å²) < 4.78 is 0. The van der Waals surface area contributed by atoms with E-state index in [1.165, 1.54) is 11.3 Å². The second-order valence-corrected chi connectivity index (χ2v) is 6.45. The molecule has 0 aliphatic rings. The predicted molar refractivity (Wildman–Crippen MR) is 83.2 cm³/mol. The van der Waals surface area contributed by atoms with Crippen molar-refractivity contribution in [2.75, 3.05) is 19.4 Å². The van der Waals surface area contributed by atoms with Gasteiger partial charge in [-0.1, -0.05) is 13.8 Å². The van der Waals surface area contributed by atoms with E-state index in [1.807, 2.05) is 17.7 Å². The van der Waals surface area contributed by atoms with Crippen LogP contribution in [0.15, 0.2) is 16.3 Å². The zero-order valence-electron chi connectivity index (χ0n) is 11.9. The smallest absolute Gasteiger partial charge is 0.262 e. The van der Waals surface area contributed by atoms with E-state index < -0.39 is 0 Å². The van der Waals surface area contributed by atoms with E-state index in [-0.39, 0.29) is 17.9 Å². The lowest BCUT2D eigenvalue weighted by atomic mass is 9.79. The lowest BCUT2D eigenvalue weighted by molar-refractivity contribution is 0.0908. The average Bonchev–Trinajstić information content (AvgIpc) is 2.91. The average molecular weight is 301 g/mol. The fourth-order valence-corrected chi connectivity index (χ4v) is 3.82. The van der Waals surface area contributed by atoms with Crippen LogP contribution in [0.2, 0.25) is 0 Å². The fourth-order valence-electron chi connectivity index (χ4n) is 2.15. The molecule has 0 atom stereocenters. The number of carbonyl (C=O) groups excluding carboxylic acids is 1. The summed E-state index contributed by atoms with van der Waals surface area (Å²) in [4.78, 5) is 14.0. The summed E-state index contributed by atoms with van der Waals surface area (Å²) in [6.45, 7) is 5.03. The highest BCUT2D eigenvalue weighted by atomic mass is 32.2. The number of aliphatic hydroxyl groups excluding tert-OH is 1. The number of hydrogen-bond donors (Lipinski definition) is 2. The number of aliphatic hydroxyl groups is 1. The number of amides is 1. The summed E-state index contributed by atoms with van der Waals surface area (Å²) in [5.41, 5.74) is 0.0151. The van der Waals surface area contributed by atoms with Crippen molar-refractivity contribution in [2.24, 2.45) is 5.41 Å². The molecule has 19 heavy (non-hydrogen) atoms. The molecule has 0 saturated heterocycles. The molecular formula is C14H23NO2S2. The van der Waals surface area contributed by atoms with Crippen LogP contribution in [0.1, 0.15) is 42.8 Å². The van der Waals surface area contributed by atoms with Gasteiger partial charge >= 0.3 is 0 Å². The Hall–Kier alpha value is -0.520. The number of thiophene rings is 1. The third-order valence-electron chi connectivity index (χ3n) is 3.82. The number of carbonyl (C=O) groups is 1. The van der Waals surface area contributed by atoms with Crippen LogP contribution in [-0.4, -0.2) is 30.4 Å². The van der Waals surface area contributed by atoms with Gasteiger partial charge in [-0.2, -0.15) is 0 Å². The van der Waals surface area contributed by atoms with Crippen molar-refractivity contribution < 1.29 is 9.90 Å². The molecule has 0 aliphatic carbocycles. The molecular weight excluding hydrogens is 278 g/mol. The highest BCUT2D eigenvalue weighted by molar-refractivity contribution is 7.98. The van der Waals surface area contributed by atoms with E-state index in [4.69, 9.17) is 0 Å². The van der Waals surface area contributed by atoms with Crippen molar-refractivity contribution in [2.45, 2.75) is 38.0 Å². The Morgan fingerprint density at radius 2 is 2.16 bits per heavy atom. The molecule has 1 amide bonds. The molecule has 3 nitrogen and oxygen atoms in total. The predicted octanol–water partition coefficient (Wildman–Crippen LogP) is 3.39. The molecule has 0 aromatic carbocycles. The van der Waals surface area contributed by atoms with Gasteiger partial charge in [-0.25, -0.2) is 0 Å². The monoisotopic (exact) mass is 301 g/mol. The van der Waals surface area contributed by atoms with Crippen LogP contribution in [0.3, 0.4) is 0 Å². The highest BCUT2D eigenvalue weighted by Gasteiger charge is 2.26. The van der Waals surface area contributed by atoms with Crippen molar-refractivity contribution in [3.63, 3.8) is 0 Å². The van der Waals surface area contributed by atoms with Crippen LogP contribution >= 0.6 is 23.1 Å². The van der Waals surface area contributed by atoms with Crippen molar-refractivity contribution in [3.8, 4) is 0 Å². The minimum absolute atomic E-state index is 0.00330.